The van der Waals surface area contributed by atoms with Gasteiger partial charge in [-0.15, -0.1) is 0 Å². The van der Waals surface area contributed by atoms with Crippen LogP contribution in [0.25, 0.3) is 0 Å². The van der Waals surface area contributed by atoms with E-state index < -0.39 is 0 Å². The van der Waals surface area contributed by atoms with Gasteiger partial charge in [0, 0.05) is 13.1 Å². The van der Waals surface area contributed by atoms with Gasteiger partial charge in [-0.2, -0.15) is 0 Å². The number of rotatable bonds is 2. The van der Waals surface area contributed by atoms with E-state index >= 15 is 0 Å². The van der Waals surface area contributed by atoms with Crippen LogP contribution >= 0.6 is 0 Å². The standard InChI is InChI=1S/C13H18N2O2/c1-10-4-5-12(17-2)11(8-10)15-7-3-6-14-13(16)9-15/h4-5,8H,3,6-7,9H2,1-2H3,(H,14,16). The molecule has 1 N–H and O–H groups in total. The van der Waals surface area contributed by atoms with Crippen LogP contribution in [0.2, 0.25) is 0 Å². The van der Waals surface area contributed by atoms with Crippen molar-refractivity contribution < 1.29 is 9.53 Å². The highest BCUT2D eigenvalue weighted by Gasteiger charge is 2.18. The van der Waals surface area contributed by atoms with Gasteiger partial charge in [0.15, 0.2) is 0 Å². The summed E-state index contributed by atoms with van der Waals surface area (Å²) in [6.07, 6.45) is 0.961. The van der Waals surface area contributed by atoms with Gasteiger partial charge in [-0.25, -0.2) is 0 Å². The number of methoxy groups -OCH3 is 1. The van der Waals surface area contributed by atoms with E-state index in [2.05, 4.69) is 16.3 Å². The van der Waals surface area contributed by atoms with Gasteiger partial charge in [-0.1, -0.05) is 6.07 Å². The molecule has 1 aromatic carbocycles. The molecule has 0 aromatic heterocycles. The van der Waals surface area contributed by atoms with Crippen molar-refractivity contribution in [2.45, 2.75) is 13.3 Å². The van der Waals surface area contributed by atoms with Crippen LogP contribution in [0.15, 0.2) is 18.2 Å². The molecule has 4 heteroatoms. The molecule has 0 bridgehead atoms. The molecule has 0 saturated carbocycles. The third-order valence-electron chi connectivity index (χ3n) is 2.94. The van der Waals surface area contributed by atoms with Crippen molar-refractivity contribution in [3.8, 4) is 5.75 Å². The van der Waals surface area contributed by atoms with Gasteiger partial charge in [0.05, 0.1) is 19.3 Å². The van der Waals surface area contributed by atoms with Crippen molar-refractivity contribution in [2.24, 2.45) is 0 Å². The SMILES string of the molecule is COc1ccc(C)cc1N1CCCNC(=O)C1. The minimum absolute atomic E-state index is 0.0751. The Morgan fingerprint density at radius 2 is 2.24 bits per heavy atom. The number of ether oxygens (including phenoxy) is 1. The Hall–Kier alpha value is -1.71. The third-order valence-corrected chi connectivity index (χ3v) is 2.94. The molecule has 1 aromatic rings. The number of amides is 1. The Balaban J connectivity index is 2.30. The van der Waals surface area contributed by atoms with Crippen LogP contribution in [0.1, 0.15) is 12.0 Å². The van der Waals surface area contributed by atoms with Crippen LogP contribution in [0.5, 0.6) is 5.75 Å². The second-order valence-electron chi connectivity index (χ2n) is 4.30. The maximum Gasteiger partial charge on any atom is 0.239 e. The highest BCUT2D eigenvalue weighted by molar-refractivity contribution is 5.82. The number of anilines is 1. The fraction of sp³-hybridized carbons (Fsp3) is 0.462. The zero-order chi connectivity index (χ0) is 12.3. The molecular formula is C13H18N2O2. The minimum Gasteiger partial charge on any atom is -0.495 e. The zero-order valence-electron chi connectivity index (χ0n) is 10.3. The van der Waals surface area contributed by atoms with Crippen molar-refractivity contribution in [1.82, 2.24) is 5.32 Å². The van der Waals surface area contributed by atoms with Crippen LogP contribution in [0, 0.1) is 6.92 Å². The number of aryl methyl sites for hydroxylation is 1. The number of hydrogen-bond acceptors (Lipinski definition) is 3. The molecule has 17 heavy (non-hydrogen) atoms. The molecule has 0 atom stereocenters. The van der Waals surface area contributed by atoms with Crippen LogP contribution in [0.3, 0.4) is 0 Å². The fourth-order valence-electron chi connectivity index (χ4n) is 2.06. The topological polar surface area (TPSA) is 41.6 Å². The smallest absolute Gasteiger partial charge is 0.239 e. The Labute approximate surface area is 102 Å². The van der Waals surface area contributed by atoms with Gasteiger partial charge in [0.1, 0.15) is 5.75 Å². The molecule has 92 valence electrons. The average Bonchev–Trinajstić information content (AvgIpc) is 2.54. The van der Waals surface area contributed by atoms with Gasteiger partial charge < -0.3 is 15.0 Å². The summed E-state index contributed by atoms with van der Waals surface area (Å²) in [5, 5.41) is 2.87. The molecule has 0 aliphatic carbocycles. The first-order valence-corrected chi connectivity index (χ1v) is 5.87. The molecule has 1 aliphatic heterocycles. The van der Waals surface area contributed by atoms with E-state index in [1.54, 1.807) is 7.11 Å². The highest BCUT2D eigenvalue weighted by Crippen LogP contribution is 2.29. The van der Waals surface area contributed by atoms with E-state index in [0.717, 1.165) is 30.9 Å². The van der Waals surface area contributed by atoms with Gasteiger partial charge in [0.25, 0.3) is 0 Å². The monoisotopic (exact) mass is 234 g/mol. The van der Waals surface area contributed by atoms with E-state index in [9.17, 15) is 4.79 Å². The number of carbonyl (C=O) groups excluding carboxylic acids is 1. The van der Waals surface area contributed by atoms with Crippen molar-refractivity contribution >= 4 is 11.6 Å². The van der Waals surface area contributed by atoms with Crippen molar-refractivity contribution in [3.05, 3.63) is 23.8 Å². The Bertz CT molecular complexity index is 418. The van der Waals surface area contributed by atoms with E-state index in [-0.39, 0.29) is 5.91 Å². The normalized spacial score (nSPS) is 16.4. The first-order chi connectivity index (χ1) is 8.20. The number of hydrogen-bond donors (Lipinski definition) is 1. The lowest BCUT2D eigenvalue weighted by atomic mass is 10.2. The zero-order valence-corrected chi connectivity index (χ0v) is 10.3. The largest absolute Gasteiger partial charge is 0.495 e. The summed E-state index contributed by atoms with van der Waals surface area (Å²) in [4.78, 5) is 13.6. The van der Waals surface area contributed by atoms with Gasteiger partial charge in [-0.3, -0.25) is 4.79 Å². The molecule has 1 fully saturated rings. The van der Waals surface area contributed by atoms with E-state index in [4.69, 9.17) is 4.74 Å². The van der Waals surface area contributed by atoms with Gasteiger partial charge in [-0.05, 0) is 31.0 Å². The first kappa shape index (κ1) is 11.8. The highest BCUT2D eigenvalue weighted by atomic mass is 16.5. The maximum atomic E-state index is 11.6. The van der Waals surface area contributed by atoms with Gasteiger partial charge >= 0.3 is 0 Å². The molecular weight excluding hydrogens is 216 g/mol. The summed E-state index contributed by atoms with van der Waals surface area (Å²) in [5.41, 5.74) is 2.18. The Morgan fingerprint density at radius 1 is 1.41 bits per heavy atom. The molecule has 0 radical (unpaired) electrons. The average molecular weight is 234 g/mol. The summed E-state index contributed by atoms with van der Waals surface area (Å²) in [7, 11) is 1.66. The summed E-state index contributed by atoms with van der Waals surface area (Å²) in [6, 6.07) is 6.03. The predicted molar refractivity (Wildman–Crippen MR) is 67.6 cm³/mol. The number of carbonyl (C=O) groups is 1. The fourth-order valence-corrected chi connectivity index (χ4v) is 2.06. The molecule has 4 nitrogen and oxygen atoms in total. The summed E-state index contributed by atoms with van der Waals surface area (Å²) in [5.74, 6) is 0.899. The lowest BCUT2D eigenvalue weighted by Crippen LogP contribution is -2.33. The molecule has 1 amide bonds. The molecule has 1 saturated heterocycles. The van der Waals surface area contributed by atoms with Gasteiger partial charge in [0.2, 0.25) is 5.91 Å². The summed E-state index contributed by atoms with van der Waals surface area (Å²) < 4.78 is 5.36. The second kappa shape index (κ2) is 5.08. The Kier molecular flexibility index (Phi) is 3.52. The number of nitrogens with one attached hydrogen (secondary N) is 1. The van der Waals surface area contributed by atoms with Crippen LogP contribution < -0.4 is 15.0 Å². The van der Waals surface area contributed by atoms with E-state index in [1.807, 2.05) is 19.1 Å². The Morgan fingerprint density at radius 3 is 3.00 bits per heavy atom. The molecule has 1 aliphatic rings. The summed E-state index contributed by atoms with van der Waals surface area (Å²) in [6.45, 7) is 4.07. The minimum atomic E-state index is 0.0751. The number of nitrogens with zero attached hydrogens (tertiary/aromatic N) is 1. The maximum absolute atomic E-state index is 11.6. The lowest BCUT2D eigenvalue weighted by Gasteiger charge is -2.23. The van der Waals surface area contributed by atoms with Crippen LogP contribution in [0.4, 0.5) is 5.69 Å². The van der Waals surface area contributed by atoms with E-state index in [0.29, 0.717) is 6.54 Å². The van der Waals surface area contributed by atoms with Crippen molar-refractivity contribution in [3.63, 3.8) is 0 Å². The first-order valence-electron chi connectivity index (χ1n) is 5.87. The van der Waals surface area contributed by atoms with Crippen molar-refractivity contribution in [1.29, 1.82) is 0 Å². The predicted octanol–water partition coefficient (Wildman–Crippen LogP) is 1.33. The quantitative estimate of drug-likeness (QED) is 0.839. The van der Waals surface area contributed by atoms with E-state index in [1.165, 1.54) is 5.56 Å². The van der Waals surface area contributed by atoms with Crippen LogP contribution in [-0.4, -0.2) is 32.7 Å². The second-order valence-corrected chi connectivity index (χ2v) is 4.30. The molecule has 0 spiro atoms. The third kappa shape index (κ3) is 2.70. The molecule has 2 rings (SSSR count). The molecule has 0 unspecified atom stereocenters. The number of benzene rings is 1. The lowest BCUT2D eigenvalue weighted by molar-refractivity contribution is -0.119. The van der Waals surface area contributed by atoms with Crippen LogP contribution in [-0.2, 0) is 4.79 Å². The summed E-state index contributed by atoms with van der Waals surface area (Å²) >= 11 is 0. The van der Waals surface area contributed by atoms with Crippen molar-refractivity contribution in [2.75, 3.05) is 31.6 Å². The molecule has 1 heterocycles.